The molecular weight excluding hydrogens is 260 g/mol. The van der Waals surface area contributed by atoms with Gasteiger partial charge in [-0.2, -0.15) is 0 Å². The predicted molar refractivity (Wildman–Crippen MR) is 50.9 cm³/mol. The van der Waals surface area contributed by atoms with Crippen LogP contribution in [0.15, 0.2) is 21.6 Å². The molecular formula is C8H4BrClFNO. The van der Waals surface area contributed by atoms with E-state index in [0.29, 0.717) is 9.50 Å². The fraction of sp³-hybridized carbons (Fsp3) is 0.125. The van der Waals surface area contributed by atoms with Gasteiger partial charge in [-0.05, 0) is 28.1 Å². The zero-order chi connectivity index (χ0) is 9.84. The van der Waals surface area contributed by atoms with Crippen LogP contribution >= 0.6 is 27.5 Å². The molecule has 0 aliphatic rings. The number of benzene rings is 1. The first-order valence-corrected chi connectivity index (χ1v) is 4.50. The molecule has 0 atom stereocenters. The molecule has 0 saturated carbocycles. The van der Waals surface area contributed by atoms with Crippen molar-refractivity contribution in [3.05, 3.63) is 33.0 Å². The normalized spacial score (nSPS) is 9.46. The van der Waals surface area contributed by atoms with Crippen LogP contribution in [-0.2, 0) is 11.3 Å². The summed E-state index contributed by atoms with van der Waals surface area (Å²) in [7, 11) is 0. The average molecular weight is 264 g/mol. The lowest BCUT2D eigenvalue weighted by atomic mass is 10.2. The third-order valence-corrected chi connectivity index (χ3v) is 2.89. The molecule has 1 aromatic rings. The average Bonchev–Trinajstić information content (AvgIpc) is 2.12. The molecule has 0 radical (unpaired) electrons. The first-order valence-electron chi connectivity index (χ1n) is 3.33. The molecule has 0 saturated heterocycles. The van der Waals surface area contributed by atoms with Gasteiger partial charge < -0.3 is 0 Å². The second kappa shape index (κ2) is 4.51. The van der Waals surface area contributed by atoms with Gasteiger partial charge in [-0.3, -0.25) is 0 Å². The van der Waals surface area contributed by atoms with Gasteiger partial charge in [-0.25, -0.2) is 14.2 Å². The van der Waals surface area contributed by atoms with Crippen LogP contribution in [0.5, 0.6) is 0 Å². The van der Waals surface area contributed by atoms with E-state index >= 15 is 0 Å². The fourth-order valence-corrected chi connectivity index (χ4v) is 1.45. The van der Waals surface area contributed by atoms with Crippen LogP contribution in [0.2, 0.25) is 5.02 Å². The molecule has 0 unspecified atom stereocenters. The molecule has 0 amide bonds. The maximum atomic E-state index is 13.1. The van der Waals surface area contributed by atoms with Crippen molar-refractivity contribution in [2.75, 3.05) is 0 Å². The Kier molecular flexibility index (Phi) is 3.60. The third-order valence-electron chi connectivity index (χ3n) is 1.44. The Labute approximate surface area is 87.6 Å². The van der Waals surface area contributed by atoms with E-state index in [2.05, 4.69) is 20.9 Å². The molecule has 0 spiro atoms. The minimum Gasteiger partial charge on any atom is -0.211 e. The van der Waals surface area contributed by atoms with Gasteiger partial charge in [0.2, 0.25) is 6.08 Å². The van der Waals surface area contributed by atoms with Crippen molar-refractivity contribution in [2.45, 2.75) is 6.54 Å². The Morgan fingerprint density at radius 2 is 2.31 bits per heavy atom. The van der Waals surface area contributed by atoms with Crippen LogP contribution < -0.4 is 0 Å². The maximum absolute atomic E-state index is 13.1. The zero-order valence-electron chi connectivity index (χ0n) is 6.35. The fourth-order valence-electron chi connectivity index (χ4n) is 0.825. The van der Waals surface area contributed by atoms with Crippen LogP contribution in [0, 0.1) is 5.82 Å². The predicted octanol–water partition coefficient (Wildman–Crippen LogP) is 3.08. The van der Waals surface area contributed by atoms with Crippen LogP contribution in [-0.4, -0.2) is 6.08 Å². The highest BCUT2D eigenvalue weighted by Gasteiger charge is 2.09. The first-order chi connectivity index (χ1) is 6.16. The number of rotatable bonds is 2. The minimum atomic E-state index is -0.449. The molecule has 0 heterocycles. The van der Waals surface area contributed by atoms with E-state index < -0.39 is 5.82 Å². The van der Waals surface area contributed by atoms with E-state index in [1.165, 1.54) is 18.2 Å². The van der Waals surface area contributed by atoms with Crippen molar-refractivity contribution in [2.24, 2.45) is 4.99 Å². The Balaban J connectivity index is 3.16. The summed E-state index contributed by atoms with van der Waals surface area (Å²) in [6.45, 7) is -0.0591. The van der Waals surface area contributed by atoms with Crippen LogP contribution in [0.3, 0.4) is 0 Å². The Bertz CT molecular complexity index is 377. The quantitative estimate of drug-likeness (QED) is 0.458. The lowest BCUT2D eigenvalue weighted by Crippen LogP contribution is -1.90. The second-order valence-corrected chi connectivity index (χ2v) is 3.43. The number of isocyanates is 1. The minimum absolute atomic E-state index is 0.0591. The summed E-state index contributed by atoms with van der Waals surface area (Å²) in [5.74, 6) is -0.449. The first kappa shape index (κ1) is 10.4. The molecule has 0 aromatic heterocycles. The molecule has 13 heavy (non-hydrogen) atoms. The monoisotopic (exact) mass is 263 g/mol. The van der Waals surface area contributed by atoms with E-state index in [1.54, 1.807) is 0 Å². The smallest absolute Gasteiger partial charge is 0.211 e. The summed E-state index contributed by atoms with van der Waals surface area (Å²) in [4.78, 5) is 13.1. The lowest BCUT2D eigenvalue weighted by molar-refractivity contribution is 0.561. The van der Waals surface area contributed by atoms with E-state index in [0.717, 1.165) is 0 Å². The molecule has 0 bridgehead atoms. The van der Waals surface area contributed by atoms with Gasteiger partial charge in [0.15, 0.2) is 0 Å². The number of aliphatic imine (C=N–C) groups is 1. The van der Waals surface area contributed by atoms with Gasteiger partial charge in [0.05, 0.1) is 11.6 Å². The molecule has 1 rings (SSSR count). The summed E-state index contributed by atoms with van der Waals surface area (Å²) in [5.41, 5.74) is 0.260. The SMILES string of the molecule is O=C=NCc1c(F)ccc(Cl)c1Br. The Hall–Kier alpha value is -0.700. The lowest BCUT2D eigenvalue weighted by Gasteiger charge is -2.03. The van der Waals surface area contributed by atoms with Crippen molar-refractivity contribution in [3.63, 3.8) is 0 Å². The van der Waals surface area contributed by atoms with Crippen LogP contribution in [0.1, 0.15) is 5.56 Å². The van der Waals surface area contributed by atoms with Gasteiger partial charge in [-0.1, -0.05) is 11.6 Å². The summed E-state index contributed by atoms with van der Waals surface area (Å²) < 4.78 is 13.5. The molecule has 1 aromatic carbocycles. The summed E-state index contributed by atoms with van der Waals surface area (Å²) in [5, 5.41) is 0.387. The highest BCUT2D eigenvalue weighted by atomic mass is 79.9. The molecule has 0 aliphatic heterocycles. The Morgan fingerprint density at radius 3 is 2.92 bits per heavy atom. The van der Waals surface area contributed by atoms with Crippen molar-refractivity contribution >= 4 is 33.6 Å². The van der Waals surface area contributed by atoms with Crippen molar-refractivity contribution in [1.82, 2.24) is 0 Å². The van der Waals surface area contributed by atoms with Crippen molar-refractivity contribution in [3.8, 4) is 0 Å². The van der Waals surface area contributed by atoms with Crippen LogP contribution in [0.4, 0.5) is 4.39 Å². The van der Waals surface area contributed by atoms with E-state index in [1.807, 2.05) is 0 Å². The third kappa shape index (κ3) is 2.37. The summed E-state index contributed by atoms with van der Waals surface area (Å²) >= 11 is 8.81. The highest BCUT2D eigenvalue weighted by Crippen LogP contribution is 2.28. The van der Waals surface area contributed by atoms with Gasteiger partial charge in [-0.15, -0.1) is 0 Å². The van der Waals surface area contributed by atoms with Gasteiger partial charge in [0.25, 0.3) is 0 Å². The summed E-state index contributed by atoms with van der Waals surface area (Å²) in [6, 6.07) is 2.65. The topological polar surface area (TPSA) is 29.4 Å². The van der Waals surface area contributed by atoms with E-state index in [4.69, 9.17) is 11.6 Å². The number of halogens is 3. The van der Waals surface area contributed by atoms with Crippen LogP contribution in [0.25, 0.3) is 0 Å². The highest BCUT2D eigenvalue weighted by molar-refractivity contribution is 9.10. The van der Waals surface area contributed by atoms with Gasteiger partial charge in [0, 0.05) is 10.0 Å². The number of hydrogen-bond acceptors (Lipinski definition) is 2. The van der Waals surface area contributed by atoms with Crippen molar-refractivity contribution in [1.29, 1.82) is 0 Å². The molecule has 2 nitrogen and oxygen atoms in total. The molecule has 0 N–H and O–H groups in total. The molecule has 5 heteroatoms. The molecule has 68 valence electrons. The number of nitrogens with zero attached hydrogens (tertiary/aromatic N) is 1. The standard InChI is InChI=1S/C8H4BrClFNO/c9-8-5(3-12-4-13)7(11)2-1-6(8)10/h1-2H,3H2. The second-order valence-electron chi connectivity index (χ2n) is 2.23. The molecule has 0 aliphatic carbocycles. The number of hydrogen-bond donors (Lipinski definition) is 0. The molecule has 0 fully saturated rings. The van der Waals surface area contributed by atoms with Gasteiger partial charge in [0.1, 0.15) is 5.82 Å². The van der Waals surface area contributed by atoms with E-state index in [-0.39, 0.29) is 12.1 Å². The number of carbonyl (C=O) groups excluding carboxylic acids is 1. The maximum Gasteiger partial charge on any atom is 0.235 e. The Morgan fingerprint density at radius 1 is 1.62 bits per heavy atom. The zero-order valence-corrected chi connectivity index (χ0v) is 8.69. The van der Waals surface area contributed by atoms with E-state index in [9.17, 15) is 9.18 Å². The van der Waals surface area contributed by atoms with Gasteiger partial charge >= 0.3 is 0 Å². The summed E-state index contributed by atoms with van der Waals surface area (Å²) in [6.07, 6.45) is 1.33. The van der Waals surface area contributed by atoms with Crippen molar-refractivity contribution < 1.29 is 9.18 Å². The largest absolute Gasteiger partial charge is 0.235 e.